The summed E-state index contributed by atoms with van der Waals surface area (Å²) in [5, 5.41) is 3.51. The summed E-state index contributed by atoms with van der Waals surface area (Å²) >= 11 is 0. The molecule has 0 saturated heterocycles. The molecule has 0 heterocycles. The van der Waals surface area contributed by atoms with Crippen molar-refractivity contribution in [3.05, 3.63) is 53.6 Å². The molecule has 3 nitrogen and oxygen atoms in total. The number of methoxy groups -OCH3 is 1. The van der Waals surface area contributed by atoms with Crippen LogP contribution in [-0.4, -0.2) is 20.3 Å². The Kier molecular flexibility index (Phi) is 6.74. The molecule has 0 bridgehead atoms. The molecule has 0 amide bonds. The zero-order valence-corrected chi connectivity index (χ0v) is 16.2. The second-order valence-corrected chi connectivity index (χ2v) is 7.47. The first kappa shape index (κ1) is 19.2. The van der Waals surface area contributed by atoms with E-state index in [9.17, 15) is 0 Å². The zero-order chi connectivity index (χ0) is 18.3. The number of rotatable bonds is 9. The normalized spacial score (nSPS) is 11.2. The molecule has 2 aromatic carbocycles. The monoisotopic (exact) mass is 341 g/mol. The number of hydrogen-bond acceptors (Lipinski definition) is 3. The van der Waals surface area contributed by atoms with Crippen molar-refractivity contribution in [2.75, 3.05) is 25.6 Å². The number of ether oxygens (including phenoxy) is 2. The van der Waals surface area contributed by atoms with Crippen molar-refractivity contribution in [3.63, 3.8) is 0 Å². The Morgan fingerprint density at radius 1 is 1.04 bits per heavy atom. The molecule has 0 aliphatic heterocycles. The lowest BCUT2D eigenvalue weighted by Gasteiger charge is -2.26. The Hall–Kier alpha value is -2.16. The highest BCUT2D eigenvalue weighted by molar-refractivity contribution is 5.48. The average Bonchev–Trinajstić information content (AvgIpc) is 2.60. The second kappa shape index (κ2) is 8.80. The average molecular weight is 341 g/mol. The zero-order valence-electron chi connectivity index (χ0n) is 16.2. The van der Waals surface area contributed by atoms with Crippen LogP contribution in [0.3, 0.4) is 0 Å². The van der Waals surface area contributed by atoms with E-state index in [-0.39, 0.29) is 5.41 Å². The summed E-state index contributed by atoms with van der Waals surface area (Å²) in [5.41, 5.74) is 3.74. The van der Waals surface area contributed by atoms with Gasteiger partial charge in [0.15, 0.2) is 0 Å². The molecular formula is C22H31NO2. The Balaban J connectivity index is 1.76. The summed E-state index contributed by atoms with van der Waals surface area (Å²) < 4.78 is 11.2. The van der Waals surface area contributed by atoms with Crippen LogP contribution in [0.25, 0.3) is 0 Å². The van der Waals surface area contributed by atoms with Crippen molar-refractivity contribution in [1.82, 2.24) is 0 Å². The number of hydrogen-bond donors (Lipinski definition) is 1. The van der Waals surface area contributed by atoms with E-state index in [0.717, 1.165) is 43.2 Å². The fourth-order valence-electron chi connectivity index (χ4n) is 2.76. The maximum atomic E-state index is 5.97. The van der Waals surface area contributed by atoms with Gasteiger partial charge in [-0.15, -0.1) is 0 Å². The van der Waals surface area contributed by atoms with E-state index in [1.807, 2.05) is 18.2 Å². The minimum Gasteiger partial charge on any atom is -0.497 e. The molecule has 2 aromatic rings. The van der Waals surface area contributed by atoms with E-state index >= 15 is 0 Å². The van der Waals surface area contributed by atoms with Gasteiger partial charge in [0.05, 0.1) is 13.7 Å². The topological polar surface area (TPSA) is 30.5 Å². The molecule has 3 heteroatoms. The van der Waals surface area contributed by atoms with Crippen LogP contribution in [0.5, 0.6) is 11.5 Å². The molecule has 1 N–H and O–H groups in total. The Bertz CT molecular complexity index is 679. The first-order chi connectivity index (χ1) is 11.9. The Morgan fingerprint density at radius 3 is 2.60 bits per heavy atom. The predicted molar refractivity (Wildman–Crippen MR) is 106 cm³/mol. The van der Waals surface area contributed by atoms with Crippen molar-refractivity contribution >= 4 is 5.69 Å². The molecule has 0 aliphatic rings. The highest BCUT2D eigenvalue weighted by Gasteiger charge is 2.17. The molecule has 0 atom stereocenters. The molecule has 0 aliphatic carbocycles. The lowest BCUT2D eigenvalue weighted by atomic mass is 9.88. The lowest BCUT2D eigenvalue weighted by molar-refractivity contribution is 0.263. The van der Waals surface area contributed by atoms with Gasteiger partial charge in [-0.2, -0.15) is 0 Å². The smallest absolute Gasteiger partial charge is 0.122 e. The van der Waals surface area contributed by atoms with Crippen molar-refractivity contribution in [2.24, 2.45) is 5.41 Å². The minimum atomic E-state index is 0.202. The van der Waals surface area contributed by atoms with Crippen LogP contribution in [0.2, 0.25) is 0 Å². The molecule has 0 aromatic heterocycles. The molecule has 0 saturated carbocycles. The SMILES string of the molecule is COc1cccc(NCC(C)(C)CCCOc2cc(C)ccc2C)c1. The van der Waals surface area contributed by atoms with Crippen LogP contribution in [0.15, 0.2) is 42.5 Å². The highest BCUT2D eigenvalue weighted by Crippen LogP contribution is 2.25. The fourth-order valence-corrected chi connectivity index (χ4v) is 2.76. The van der Waals surface area contributed by atoms with Crippen LogP contribution in [0.1, 0.15) is 37.8 Å². The van der Waals surface area contributed by atoms with Crippen LogP contribution < -0.4 is 14.8 Å². The third-order valence-corrected chi connectivity index (χ3v) is 4.44. The Labute approximate surface area is 152 Å². The standard InChI is InChI=1S/C22H31NO2/c1-17-10-11-18(2)21(14-17)25-13-7-12-22(3,4)16-23-19-8-6-9-20(15-19)24-5/h6,8-11,14-15,23H,7,12-13,16H2,1-5H3. The lowest BCUT2D eigenvalue weighted by Crippen LogP contribution is -2.23. The van der Waals surface area contributed by atoms with Crippen molar-refractivity contribution in [3.8, 4) is 11.5 Å². The van der Waals surface area contributed by atoms with Gasteiger partial charge in [-0.3, -0.25) is 0 Å². The van der Waals surface area contributed by atoms with Crippen LogP contribution in [0, 0.1) is 19.3 Å². The van der Waals surface area contributed by atoms with Crippen LogP contribution >= 0.6 is 0 Å². The summed E-state index contributed by atoms with van der Waals surface area (Å²) in [6.07, 6.45) is 2.15. The van der Waals surface area contributed by atoms with Gasteiger partial charge in [0, 0.05) is 18.3 Å². The number of aryl methyl sites for hydroxylation is 2. The van der Waals surface area contributed by atoms with E-state index in [0.29, 0.717) is 0 Å². The van der Waals surface area contributed by atoms with E-state index < -0.39 is 0 Å². The van der Waals surface area contributed by atoms with Crippen molar-refractivity contribution in [1.29, 1.82) is 0 Å². The maximum Gasteiger partial charge on any atom is 0.122 e. The van der Waals surface area contributed by atoms with Gasteiger partial charge >= 0.3 is 0 Å². The molecular weight excluding hydrogens is 310 g/mol. The van der Waals surface area contributed by atoms with Crippen molar-refractivity contribution in [2.45, 2.75) is 40.5 Å². The van der Waals surface area contributed by atoms with Crippen LogP contribution in [-0.2, 0) is 0 Å². The van der Waals surface area contributed by atoms with Crippen molar-refractivity contribution < 1.29 is 9.47 Å². The maximum absolute atomic E-state index is 5.97. The number of benzene rings is 2. The number of nitrogens with one attached hydrogen (secondary N) is 1. The van der Waals surface area contributed by atoms with Gasteiger partial charge in [0.25, 0.3) is 0 Å². The first-order valence-electron chi connectivity index (χ1n) is 8.98. The van der Waals surface area contributed by atoms with Crippen LogP contribution in [0.4, 0.5) is 5.69 Å². The Morgan fingerprint density at radius 2 is 1.84 bits per heavy atom. The molecule has 2 rings (SSSR count). The van der Waals surface area contributed by atoms with E-state index in [1.165, 1.54) is 11.1 Å². The molecule has 0 radical (unpaired) electrons. The molecule has 25 heavy (non-hydrogen) atoms. The molecule has 136 valence electrons. The highest BCUT2D eigenvalue weighted by atomic mass is 16.5. The van der Waals surface area contributed by atoms with Gasteiger partial charge in [-0.25, -0.2) is 0 Å². The predicted octanol–water partition coefficient (Wildman–Crippen LogP) is 5.61. The largest absolute Gasteiger partial charge is 0.497 e. The number of anilines is 1. The summed E-state index contributed by atoms with van der Waals surface area (Å²) in [6, 6.07) is 14.4. The molecule has 0 unspecified atom stereocenters. The quantitative estimate of drug-likeness (QED) is 0.601. The third kappa shape index (κ3) is 6.33. The summed E-state index contributed by atoms with van der Waals surface area (Å²) in [4.78, 5) is 0. The van der Waals surface area contributed by atoms with Gasteiger partial charge in [-0.1, -0.05) is 32.0 Å². The summed E-state index contributed by atoms with van der Waals surface area (Å²) in [7, 11) is 1.69. The fraction of sp³-hybridized carbons (Fsp3) is 0.455. The molecule has 0 spiro atoms. The van der Waals surface area contributed by atoms with Gasteiger partial charge in [0.2, 0.25) is 0 Å². The first-order valence-corrected chi connectivity index (χ1v) is 8.98. The molecule has 0 fully saturated rings. The van der Waals surface area contributed by atoms with Gasteiger partial charge in [-0.05, 0) is 61.4 Å². The van der Waals surface area contributed by atoms with Gasteiger partial charge < -0.3 is 14.8 Å². The summed E-state index contributed by atoms with van der Waals surface area (Å²) in [5.74, 6) is 1.89. The third-order valence-electron chi connectivity index (χ3n) is 4.44. The van der Waals surface area contributed by atoms with E-state index in [2.05, 4.69) is 57.3 Å². The van der Waals surface area contributed by atoms with Gasteiger partial charge in [0.1, 0.15) is 11.5 Å². The summed E-state index contributed by atoms with van der Waals surface area (Å²) in [6.45, 7) is 10.4. The minimum absolute atomic E-state index is 0.202. The van der Waals surface area contributed by atoms with E-state index in [4.69, 9.17) is 9.47 Å². The van der Waals surface area contributed by atoms with E-state index in [1.54, 1.807) is 7.11 Å². The second-order valence-electron chi connectivity index (χ2n) is 7.47.